The van der Waals surface area contributed by atoms with Crippen LogP contribution in [0, 0.1) is 0 Å². The monoisotopic (exact) mass is 384 g/mol. The highest BCUT2D eigenvalue weighted by Gasteiger charge is 2.27. The van der Waals surface area contributed by atoms with E-state index in [1.807, 2.05) is 0 Å². The minimum atomic E-state index is 0.231. The van der Waals surface area contributed by atoms with Gasteiger partial charge in [0, 0.05) is 5.92 Å². The van der Waals surface area contributed by atoms with Gasteiger partial charge in [0.05, 0.1) is 0 Å². The standard InChI is InChI=1S/C30H24/c1-4-12-23(13-5-1)20-21-27(24-14-6-2-7-15-24)29-22-26-18-10-11-19-28(26)30(29)25-16-8-3-9-17-25/h1-21,27H,22H2/b21-20+. The van der Waals surface area contributed by atoms with E-state index in [1.165, 1.54) is 39.0 Å². The third kappa shape index (κ3) is 3.65. The zero-order valence-corrected chi connectivity index (χ0v) is 16.9. The van der Waals surface area contributed by atoms with Crippen LogP contribution in [-0.4, -0.2) is 0 Å². The van der Waals surface area contributed by atoms with Gasteiger partial charge in [-0.05, 0) is 45.4 Å². The van der Waals surface area contributed by atoms with E-state index < -0.39 is 0 Å². The maximum absolute atomic E-state index is 2.37. The molecule has 0 N–H and O–H groups in total. The number of benzene rings is 4. The summed E-state index contributed by atoms with van der Waals surface area (Å²) < 4.78 is 0. The van der Waals surface area contributed by atoms with Crippen molar-refractivity contribution in [3.63, 3.8) is 0 Å². The highest BCUT2D eigenvalue weighted by molar-refractivity contribution is 5.88. The Morgan fingerprint density at radius 3 is 1.93 bits per heavy atom. The van der Waals surface area contributed by atoms with E-state index in [0.717, 1.165) is 6.42 Å². The van der Waals surface area contributed by atoms with Gasteiger partial charge in [-0.2, -0.15) is 0 Å². The molecule has 0 aliphatic heterocycles. The van der Waals surface area contributed by atoms with Gasteiger partial charge in [-0.1, -0.05) is 127 Å². The Morgan fingerprint density at radius 1 is 0.600 bits per heavy atom. The van der Waals surface area contributed by atoms with Gasteiger partial charge in [0.1, 0.15) is 0 Å². The molecule has 0 amide bonds. The predicted octanol–water partition coefficient (Wildman–Crippen LogP) is 7.54. The van der Waals surface area contributed by atoms with E-state index in [-0.39, 0.29) is 5.92 Å². The topological polar surface area (TPSA) is 0 Å². The first-order valence-electron chi connectivity index (χ1n) is 10.5. The van der Waals surface area contributed by atoms with E-state index in [4.69, 9.17) is 0 Å². The maximum atomic E-state index is 2.37. The molecule has 0 aromatic heterocycles. The number of allylic oxidation sites excluding steroid dienone is 2. The van der Waals surface area contributed by atoms with E-state index in [2.05, 4.69) is 127 Å². The zero-order chi connectivity index (χ0) is 20.2. The molecular formula is C30H24. The molecule has 0 heteroatoms. The van der Waals surface area contributed by atoms with E-state index in [0.29, 0.717) is 0 Å². The molecular weight excluding hydrogens is 360 g/mol. The minimum Gasteiger partial charge on any atom is -0.0723 e. The van der Waals surface area contributed by atoms with Gasteiger partial charge in [0.2, 0.25) is 0 Å². The van der Waals surface area contributed by atoms with Crippen molar-refractivity contribution < 1.29 is 0 Å². The first-order chi connectivity index (χ1) is 14.9. The summed E-state index contributed by atoms with van der Waals surface area (Å²) in [6, 6.07) is 41.1. The second kappa shape index (κ2) is 8.39. The lowest BCUT2D eigenvalue weighted by atomic mass is 9.85. The summed E-state index contributed by atoms with van der Waals surface area (Å²) in [4.78, 5) is 0. The molecule has 30 heavy (non-hydrogen) atoms. The number of fused-ring (bicyclic) bond motifs is 1. The highest BCUT2D eigenvalue weighted by Crippen LogP contribution is 2.44. The summed E-state index contributed by atoms with van der Waals surface area (Å²) in [5.74, 6) is 0.231. The van der Waals surface area contributed by atoms with Crippen molar-refractivity contribution in [2.24, 2.45) is 0 Å². The summed E-state index contributed by atoms with van der Waals surface area (Å²) in [6.07, 6.45) is 5.62. The minimum absolute atomic E-state index is 0.231. The molecule has 0 spiro atoms. The lowest BCUT2D eigenvalue weighted by Crippen LogP contribution is -2.02. The van der Waals surface area contributed by atoms with Gasteiger partial charge >= 0.3 is 0 Å². The molecule has 0 radical (unpaired) electrons. The highest BCUT2D eigenvalue weighted by atomic mass is 14.3. The van der Waals surface area contributed by atoms with Crippen molar-refractivity contribution >= 4 is 11.6 Å². The van der Waals surface area contributed by atoms with Crippen LogP contribution in [0.25, 0.3) is 11.6 Å². The van der Waals surface area contributed by atoms with E-state index in [1.54, 1.807) is 0 Å². The lowest BCUT2D eigenvalue weighted by Gasteiger charge is -2.18. The predicted molar refractivity (Wildman–Crippen MR) is 127 cm³/mol. The molecule has 0 saturated heterocycles. The van der Waals surface area contributed by atoms with Crippen LogP contribution in [-0.2, 0) is 6.42 Å². The number of hydrogen-bond acceptors (Lipinski definition) is 0. The van der Waals surface area contributed by atoms with Crippen LogP contribution in [0.3, 0.4) is 0 Å². The molecule has 144 valence electrons. The first-order valence-corrected chi connectivity index (χ1v) is 10.5. The van der Waals surface area contributed by atoms with Crippen LogP contribution in [0.5, 0.6) is 0 Å². The van der Waals surface area contributed by atoms with Crippen LogP contribution in [0.2, 0.25) is 0 Å². The molecule has 0 fully saturated rings. The number of rotatable bonds is 5. The Hall–Kier alpha value is -3.64. The van der Waals surface area contributed by atoms with Crippen molar-refractivity contribution in [2.45, 2.75) is 12.3 Å². The van der Waals surface area contributed by atoms with Gasteiger partial charge in [-0.3, -0.25) is 0 Å². The molecule has 0 bridgehead atoms. The third-order valence-corrected chi connectivity index (χ3v) is 5.87. The van der Waals surface area contributed by atoms with E-state index >= 15 is 0 Å². The SMILES string of the molecule is C(=C\C(C1=C(c2ccccc2)c2ccccc2C1)c1ccccc1)/c1ccccc1. The summed E-state index contributed by atoms with van der Waals surface area (Å²) in [6.45, 7) is 0. The smallest absolute Gasteiger partial charge is 0.0244 e. The van der Waals surface area contributed by atoms with Gasteiger partial charge in [0.25, 0.3) is 0 Å². The Balaban J connectivity index is 1.68. The Labute approximate surface area is 178 Å². The second-order valence-corrected chi connectivity index (χ2v) is 7.76. The first kappa shape index (κ1) is 18.4. The molecule has 1 unspecified atom stereocenters. The molecule has 5 rings (SSSR count). The zero-order valence-electron chi connectivity index (χ0n) is 16.9. The average Bonchev–Trinajstić information content (AvgIpc) is 3.20. The lowest BCUT2D eigenvalue weighted by molar-refractivity contribution is 0.953. The maximum Gasteiger partial charge on any atom is 0.0244 e. The third-order valence-electron chi connectivity index (χ3n) is 5.87. The summed E-state index contributed by atoms with van der Waals surface area (Å²) >= 11 is 0. The van der Waals surface area contributed by atoms with Crippen LogP contribution < -0.4 is 0 Å². The Bertz CT molecular complexity index is 1180. The van der Waals surface area contributed by atoms with Crippen molar-refractivity contribution in [2.75, 3.05) is 0 Å². The fraction of sp³-hybridized carbons (Fsp3) is 0.0667. The van der Waals surface area contributed by atoms with Crippen molar-refractivity contribution in [3.8, 4) is 0 Å². The summed E-state index contributed by atoms with van der Waals surface area (Å²) in [5.41, 5.74) is 9.51. The molecule has 0 nitrogen and oxygen atoms in total. The van der Waals surface area contributed by atoms with Crippen LogP contribution in [0.4, 0.5) is 0 Å². The molecule has 4 aromatic carbocycles. The van der Waals surface area contributed by atoms with Crippen LogP contribution in [0.15, 0.2) is 127 Å². The molecule has 0 heterocycles. The number of hydrogen-bond donors (Lipinski definition) is 0. The van der Waals surface area contributed by atoms with Crippen molar-refractivity contribution in [1.29, 1.82) is 0 Å². The quantitative estimate of drug-likeness (QED) is 0.333. The Kier molecular flexibility index (Phi) is 5.14. The van der Waals surface area contributed by atoms with Gasteiger partial charge in [-0.15, -0.1) is 0 Å². The fourth-order valence-corrected chi connectivity index (χ4v) is 4.46. The van der Waals surface area contributed by atoms with Gasteiger partial charge in [-0.25, -0.2) is 0 Å². The Morgan fingerprint density at radius 2 is 1.20 bits per heavy atom. The summed E-state index contributed by atoms with van der Waals surface area (Å²) in [5, 5.41) is 0. The summed E-state index contributed by atoms with van der Waals surface area (Å²) in [7, 11) is 0. The molecule has 1 aliphatic carbocycles. The van der Waals surface area contributed by atoms with Gasteiger partial charge in [0.15, 0.2) is 0 Å². The van der Waals surface area contributed by atoms with Crippen molar-refractivity contribution in [3.05, 3.63) is 155 Å². The molecule has 1 atom stereocenters. The van der Waals surface area contributed by atoms with Crippen molar-refractivity contribution in [1.82, 2.24) is 0 Å². The fourth-order valence-electron chi connectivity index (χ4n) is 4.46. The van der Waals surface area contributed by atoms with Crippen LogP contribution in [0.1, 0.15) is 33.7 Å². The molecule has 4 aromatic rings. The normalized spacial score (nSPS) is 14.1. The van der Waals surface area contributed by atoms with E-state index in [9.17, 15) is 0 Å². The molecule has 0 saturated carbocycles. The van der Waals surface area contributed by atoms with Gasteiger partial charge < -0.3 is 0 Å². The molecule has 1 aliphatic rings. The largest absolute Gasteiger partial charge is 0.0723 e. The second-order valence-electron chi connectivity index (χ2n) is 7.76. The van der Waals surface area contributed by atoms with Crippen LogP contribution >= 0.6 is 0 Å². The average molecular weight is 385 g/mol.